The first-order chi connectivity index (χ1) is 6.25. The van der Waals surface area contributed by atoms with Crippen molar-refractivity contribution in [3.8, 4) is 0 Å². The van der Waals surface area contributed by atoms with E-state index in [0.29, 0.717) is 25.4 Å². The normalized spacial score (nSPS) is 16.4. The van der Waals surface area contributed by atoms with Gasteiger partial charge in [0.1, 0.15) is 0 Å². The van der Waals surface area contributed by atoms with Gasteiger partial charge in [-0.1, -0.05) is 0 Å². The van der Waals surface area contributed by atoms with Crippen molar-refractivity contribution in [1.29, 1.82) is 0 Å². The van der Waals surface area contributed by atoms with Crippen molar-refractivity contribution in [2.75, 3.05) is 19.0 Å². The van der Waals surface area contributed by atoms with Crippen molar-refractivity contribution in [2.45, 2.75) is 19.3 Å². The number of alkyl halides is 1. The van der Waals surface area contributed by atoms with Crippen LogP contribution in [0.4, 0.5) is 4.79 Å². The van der Waals surface area contributed by atoms with E-state index < -0.39 is 0 Å². The predicted octanol–water partition coefficient (Wildman–Crippen LogP) is 0.947. The number of likely N-dealkylation sites (tertiary alicyclic amines) is 1. The summed E-state index contributed by atoms with van der Waals surface area (Å²) in [4.78, 5) is 23.6. The smallest absolute Gasteiger partial charge is 0.324 e. The van der Waals surface area contributed by atoms with Gasteiger partial charge >= 0.3 is 6.03 Å². The first kappa shape index (κ1) is 10.3. The van der Waals surface area contributed by atoms with E-state index in [-0.39, 0.29) is 11.9 Å². The van der Waals surface area contributed by atoms with Crippen molar-refractivity contribution in [3.05, 3.63) is 0 Å². The maximum atomic E-state index is 11.3. The number of imide groups is 1. The summed E-state index contributed by atoms with van der Waals surface area (Å²) >= 11 is 5.44. The van der Waals surface area contributed by atoms with Crippen LogP contribution < -0.4 is 5.32 Å². The Morgan fingerprint density at radius 2 is 2.38 bits per heavy atom. The monoisotopic (exact) mass is 204 g/mol. The minimum Gasteiger partial charge on any atom is -0.338 e. The average Bonchev–Trinajstić information content (AvgIpc) is 2.52. The molecule has 0 aromatic rings. The third-order valence-corrected chi connectivity index (χ3v) is 2.17. The Hall–Kier alpha value is -0.770. The highest BCUT2D eigenvalue weighted by atomic mass is 35.5. The molecule has 1 N–H and O–H groups in total. The molecule has 0 saturated carbocycles. The molecule has 0 aromatic heterocycles. The molecule has 1 aliphatic heterocycles. The zero-order valence-corrected chi connectivity index (χ0v) is 8.14. The van der Waals surface area contributed by atoms with Crippen LogP contribution in [-0.4, -0.2) is 35.8 Å². The van der Waals surface area contributed by atoms with Crippen LogP contribution in [0.5, 0.6) is 0 Å². The summed E-state index contributed by atoms with van der Waals surface area (Å²) in [6.07, 6.45) is 2.00. The molecule has 0 radical (unpaired) electrons. The molecular weight excluding hydrogens is 192 g/mol. The number of rotatable bonds is 3. The van der Waals surface area contributed by atoms with Gasteiger partial charge in [-0.3, -0.25) is 9.69 Å². The van der Waals surface area contributed by atoms with Crippen LogP contribution in [-0.2, 0) is 4.79 Å². The van der Waals surface area contributed by atoms with Crippen molar-refractivity contribution < 1.29 is 9.59 Å². The molecule has 0 aromatic carbocycles. The second-order valence-electron chi connectivity index (χ2n) is 2.92. The summed E-state index contributed by atoms with van der Waals surface area (Å²) in [7, 11) is 0. The summed E-state index contributed by atoms with van der Waals surface area (Å²) in [6.45, 7) is 1.08. The number of halogens is 1. The molecule has 74 valence electrons. The van der Waals surface area contributed by atoms with Crippen LogP contribution in [0.25, 0.3) is 0 Å². The Bertz CT molecular complexity index is 208. The maximum absolute atomic E-state index is 11.3. The van der Waals surface area contributed by atoms with Gasteiger partial charge in [-0.25, -0.2) is 4.79 Å². The van der Waals surface area contributed by atoms with Crippen molar-refractivity contribution >= 4 is 23.5 Å². The largest absolute Gasteiger partial charge is 0.338 e. The van der Waals surface area contributed by atoms with Gasteiger partial charge in [-0.15, -0.1) is 11.6 Å². The second kappa shape index (κ2) is 5.07. The lowest BCUT2D eigenvalue weighted by molar-refractivity contribution is -0.125. The minimum absolute atomic E-state index is 0.0802. The summed E-state index contributed by atoms with van der Waals surface area (Å²) in [5.41, 5.74) is 0. The lowest BCUT2D eigenvalue weighted by atomic mass is 10.4. The molecule has 13 heavy (non-hydrogen) atoms. The number of urea groups is 1. The molecule has 1 rings (SSSR count). The van der Waals surface area contributed by atoms with Crippen molar-refractivity contribution in [3.63, 3.8) is 0 Å². The van der Waals surface area contributed by atoms with E-state index in [1.165, 1.54) is 4.90 Å². The van der Waals surface area contributed by atoms with Crippen LogP contribution in [0.3, 0.4) is 0 Å². The third-order valence-electron chi connectivity index (χ3n) is 1.91. The number of carbonyl (C=O) groups is 2. The molecule has 0 atom stereocenters. The Labute approximate surface area is 82.2 Å². The van der Waals surface area contributed by atoms with E-state index in [1.54, 1.807) is 0 Å². The fourth-order valence-corrected chi connectivity index (χ4v) is 1.35. The number of nitrogens with zero attached hydrogens (tertiary/aromatic N) is 1. The molecular formula is C8H13ClN2O2. The summed E-state index contributed by atoms with van der Waals surface area (Å²) < 4.78 is 0. The van der Waals surface area contributed by atoms with Gasteiger partial charge in [0.25, 0.3) is 0 Å². The van der Waals surface area contributed by atoms with E-state index in [2.05, 4.69) is 5.32 Å². The number of amides is 3. The summed E-state index contributed by atoms with van der Waals surface area (Å²) in [5.74, 6) is 0.442. The molecule has 0 aliphatic carbocycles. The van der Waals surface area contributed by atoms with Crippen LogP contribution in [0.15, 0.2) is 0 Å². The lowest BCUT2D eigenvalue weighted by Crippen LogP contribution is -2.40. The molecule has 0 bridgehead atoms. The Balaban J connectivity index is 2.26. The summed E-state index contributed by atoms with van der Waals surface area (Å²) in [5, 5.41) is 2.64. The van der Waals surface area contributed by atoms with Gasteiger partial charge < -0.3 is 5.32 Å². The van der Waals surface area contributed by atoms with E-state index in [9.17, 15) is 9.59 Å². The first-order valence-corrected chi connectivity index (χ1v) is 4.93. The molecule has 3 amide bonds. The van der Waals surface area contributed by atoms with Crippen LogP contribution >= 0.6 is 11.6 Å². The molecule has 0 spiro atoms. The quantitative estimate of drug-likeness (QED) is 0.550. The zero-order chi connectivity index (χ0) is 9.68. The molecule has 0 unspecified atom stereocenters. The Kier molecular flexibility index (Phi) is 4.02. The highest BCUT2D eigenvalue weighted by Gasteiger charge is 2.25. The summed E-state index contributed by atoms with van der Waals surface area (Å²) in [6, 6.07) is -0.285. The highest BCUT2D eigenvalue weighted by molar-refractivity contribution is 6.17. The van der Waals surface area contributed by atoms with E-state index >= 15 is 0 Å². The van der Waals surface area contributed by atoms with Gasteiger partial charge in [0.05, 0.1) is 0 Å². The maximum Gasteiger partial charge on any atom is 0.324 e. The van der Waals surface area contributed by atoms with Crippen LogP contribution in [0, 0.1) is 0 Å². The first-order valence-electron chi connectivity index (χ1n) is 4.40. The molecule has 1 fully saturated rings. The number of hydrogen-bond acceptors (Lipinski definition) is 2. The third kappa shape index (κ3) is 2.88. The van der Waals surface area contributed by atoms with E-state index in [1.807, 2.05) is 0 Å². The Morgan fingerprint density at radius 3 is 2.92 bits per heavy atom. The molecule has 1 aliphatic rings. The minimum atomic E-state index is -0.285. The van der Waals surface area contributed by atoms with Gasteiger partial charge in [0, 0.05) is 25.4 Å². The lowest BCUT2D eigenvalue weighted by Gasteiger charge is -2.13. The van der Waals surface area contributed by atoms with Gasteiger partial charge in [-0.05, 0) is 12.8 Å². The van der Waals surface area contributed by atoms with E-state index in [4.69, 9.17) is 11.6 Å². The van der Waals surface area contributed by atoms with Gasteiger partial charge in [0.2, 0.25) is 5.91 Å². The second-order valence-corrected chi connectivity index (χ2v) is 3.30. The molecule has 5 heteroatoms. The van der Waals surface area contributed by atoms with Crippen molar-refractivity contribution in [2.24, 2.45) is 0 Å². The van der Waals surface area contributed by atoms with Crippen LogP contribution in [0.2, 0.25) is 0 Å². The Morgan fingerprint density at radius 1 is 1.62 bits per heavy atom. The van der Waals surface area contributed by atoms with Crippen LogP contribution in [0.1, 0.15) is 19.3 Å². The molecule has 4 nitrogen and oxygen atoms in total. The molecule has 1 saturated heterocycles. The topological polar surface area (TPSA) is 49.4 Å². The average molecular weight is 205 g/mol. The number of nitrogens with one attached hydrogen (secondary N) is 1. The fraction of sp³-hybridized carbons (Fsp3) is 0.750. The highest BCUT2D eigenvalue weighted by Crippen LogP contribution is 2.08. The number of hydrogen-bond donors (Lipinski definition) is 1. The standard InChI is InChI=1S/C8H13ClN2O2/c9-4-2-5-10-8(13)11-6-1-3-7(11)12/h1-6H2,(H,10,13). The zero-order valence-electron chi connectivity index (χ0n) is 7.38. The number of carbonyl (C=O) groups excluding carboxylic acids is 2. The predicted molar refractivity (Wildman–Crippen MR) is 49.7 cm³/mol. The SMILES string of the molecule is O=C1CCCN1C(=O)NCCCCl. The van der Waals surface area contributed by atoms with Crippen molar-refractivity contribution in [1.82, 2.24) is 10.2 Å². The van der Waals surface area contributed by atoms with E-state index in [0.717, 1.165) is 12.8 Å². The van der Waals surface area contributed by atoms with Gasteiger partial charge in [0.15, 0.2) is 0 Å². The van der Waals surface area contributed by atoms with Gasteiger partial charge in [-0.2, -0.15) is 0 Å². The fourth-order valence-electron chi connectivity index (χ4n) is 1.22. The molecule has 1 heterocycles.